The molecule has 2 fully saturated rings. The zero-order chi connectivity index (χ0) is 52.6. The molecule has 21 heteroatoms. The van der Waals surface area contributed by atoms with E-state index in [0.717, 1.165) is 17.5 Å². The standard InChI is InChI=1S/C54H56F2N10O9/c1-27(2)45(61-51(69)72-5)49(67)65-15-7-8-41(65)48-58-38-14-11-30(18-39(38)59-48)29-9-12-34-35-13-10-31(17-37(35)54(55,56)36(34)16-29)40-21-57-47(60-40)42-24-64(25-66(42)50(68)46(28(3)4)62-52(70)73-6)53(71)63-22-32-19-43-44(75-26-74-43)20-33(32)23-63/h9-14,16-21,27-28,41-42,45-46H,7-8,15,22-26H2,1-6H3,(H,57,60)(H,58,59)(H,61,69)(H,62,70)/t41-,42-,45-,46?/m0/s1. The second kappa shape index (κ2) is 18.9. The minimum atomic E-state index is -3.37. The number of carbonyl (C=O) groups is 5. The molecule has 6 amide bonds. The van der Waals surface area contributed by atoms with Crippen molar-refractivity contribution in [2.75, 3.05) is 40.8 Å². The van der Waals surface area contributed by atoms with Gasteiger partial charge in [-0.15, -0.1) is 0 Å². The lowest BCUT2D eigenvalue weighted by atomic mass is 9.98. The van der Waals surface area contributed by atoms with E-state index in [9.17, 15) is 24.0 Å². The molecule has 6 heterocycles. The first kappa shape index (κ1) is 49.0. The zero-order valence-electron chi connectivity index (χ0n) is 42.2. The van der Waals surface area contributed by atoms with Crippen LogP contribution in [0.15, 0.2) is 72.9 Å². The van der Waals surface area contributed by atoms with Crippen LogP contribution in [0.2, 0.25) is 0 Å². The van der Waals surface area contributed by atoms with Gasteiger partial charge in [0, 0.05) is 36.3 Å². The highest BCUT2D eigenvalue weighted by atomic mass is 19.3. The highest BCUT2D eigenvalue weighted by Gasteiger charge is 2.47. The van der Waals surface area contributed by atoms with Crippen molar-refractivity contribution in [3.05, 3.63) is 107 Å². The molecule has 1 aliphatic carbocycles. The van der Waals surface area contributed by atoms with Crippen LogP contribution in [0.4, 0.5) is 23.2 Å². The molecule has 390 valence electrons. The van der Waals surface area contributed by atoms with E-state index in [0.29, 0.717) is 93.7 Å². The molecule has 11 rings (SSSR count). The van der Waals surface area contributed by atoms with E-state index in [2.05, 4.69) is 25.6 Å². The maximum Gasteiger partial charge on any atom is 0.407 e. The Morgan fingerprint density at radius 1 is 0.720 bits per heavy atom. The fraction of sp³-hybridized carbons (Fsp3) is 0.389. The van der Waals surface area contributed by atoms with E-state index in [4.69, 9.17) is 23.9 Å². The first-order valence-electron chi connectivity index (χ1n) is 25.0. The van der Waals surface area contributed by atoms with E-state index in [1.54, 1.807) is 46.7 Å². The molecular weight excluding hydrogens is 971 g/mol. The molecule has 0 bridgehead atoms. The van der Waals surface area contributed by atoms with Crippen LogP contribution in [-0.2, 0) is 38.1 Å². The number of halogens is 2. The van der Waals surface area contributed by atoms with Gasteiger partial charge in [-0.3, -0.25) is 9.59 Å². The summed E-state index contributed by atoms with van der Waals surface area (Å²) in [5, 5.41) is 5.31. The number of rotatable bonds is 10. The molecule has 4 atom stereocenters. The molecule has 0 saturated carbocycles. The van der Waals surface area contributed by atoms with Crippen molar-refractivity contribution in [3.8, 4) is 45.0 Å². The van der Waals surface area contributed by atoms with Crippen LogP contribution in [0.5, 0.6) is 11.5 Å². The van der Waals surface area contributed by atoms with Crippen molar-refractivity contribution < 1.29 is 51.7 Å². The number of imidazole rings is 2. The maximum absolute atomic E-state index is 16.9. The molecule has 1 unspecified atom stereocenters. The van der Waals surface area contributed by atoms with Gasteiger partial charge in [0.1, 0.15) is 29.8 Å². The number of nitrogens with one attached hydrogen (secondary N) is 4. The number of H-pyrrole nitrogens is 2. The van der Waals surface area contributed by atoms with Crippen LogP contribution >= 0.6 is 0 Å². The van der Waals surface area contributed by atoms with Gasteiger partial charge >= 0.3 is 18.2 Å². The van der Waals surface area contributed by atoms with Gasteiger partial charge in [0.05, 0.1) is 56.4 Å². The maximum atomic E-state index is 16.9. The number of alkyl halides is 2. The topological polar surface area (TPSA) is 217 Å². The lowest BCUT2D eigenvalue weighted by molar-refractivity contribution is -0.136. The first-order chi connectivity index (χ1) is 36.0. The van der Waals surface area contributed by atoms with Crippen molar-refractivity contribution in [1.29, 1.82) is 0 Å². The number of urea groups is 1. The summed E-state index contributed by atoms with van der Waals surface area (Å²) in [6.45, 7) is 8.52. The van der Waals surface area contributed by atoms with Crippen molar-refractivity contribution in [1.82, 2.24) is 50.2 Å². The summed E-state index contributed by atoms with van der Waals surface area (Å²) < 4.78 is 54.4. The number of likely N-dealkylation sites (tertiary alicyclic amines) is 1. The van der Waals surface area contributed by atoms with Gasteiger partial charge in [0.15, 0.2) is 11.5 Å². The lowest BCUT2D eigenvalue weighted by Crippen LogP contribution is -2.52. The number of aromatic amines is 2. The van der Waals surface area contributed by atoms with Crippen molar-refractivity contribution in [2.24, 2.45) is 11.8 Å². The number of nitrogens with zero attached hydrogens (tertiary/aromatic N) is 6. The van der Waals surface area contributed by atoms with Crippen LogP contribution in [0.3, 0.4) is 0 Å². The normalized spacial score (nSPS) is 18.9. The Morgan fingerprint density at radius 3 is 1.93 bits per heavy atom. The average molecular weight is 1030 g/mol. The second-order valence-corrected chi connectivity index (χ2v) is 20.3. The Labute approximate surface area is 429 Å². The van der Waals surface area contributed by atoms with Crippen molar-refractivity contribution >= 4 is 41.1 Å². The van der Waals surface area contributed by atoms with Gasteiger partial charge < -0.3 is 59.1 Å². The minimum absolute atomic E-state index is 0.0567. The highest BCUT2D eigenvalue weighted by molar-refractivity contribution is 5.90. The van der Waals surface area contributed by atoms with Crippen LogP contribution in [-0.4, -0.2) is 122 Å². The molecule has 0 spiro atoms. The van der Waals surface area contributed by atoms with E-state index < -0.39 is 42.1 Å². The highest BCUT2D eigenvalue weighted by Crippen LogP contribution is 2.53. The Morgan fingerprint density at radius 2 is 1.31 bits per heavy atom. The number of fused-ring (bicyclic) bond motifs is 6. The number of amides is 6. The molecule has 5 aliphatic rings. The summed E-state index contributed by atoms with van der Waals surface area (Å²) in [5.41, 5.74) is 5.82. The summed E-state index contributed by atoms with van der Waals surface area (Å²) >= 11 is 0. The van der Waals surface area contributed by atoms with Gasteiger partial charge in [0.25, 0.3) is 5.92 Å². The lowest BCUT2D eigenvalue weighted by Gasteiger charge is -2.29. The van der Waals surface area contributed by atoms with Crippen LogP contribution in [0, 0.1) is 11.8 Å². The summed E-state index contributed by atoms with van der Waals surface area (Å²) in [6.07, 6.45) is 1.49. The molecule has 2 saturated heterocycles. The molecule has 2 aromatic heterocycles. The summed E-state index contributed by atoms with van der Waals surface area (Å²) in [4.78, 5) is 89.6. The third-order valence-electron chi connectivity index (χ3n) is 15.0. The average Bonchev–Trinajstić information content (AvgIpc) is 4.29. The first-order valence-corrected chi connectivity index (χ1v) is 25.0. The Kier molecular flexibility index (Phi) is 12.4. The van der Waals surface area contributed by atoms with Crippen molar-refractivity contribution in [2.45, 2.75) is 83.7 Å². The molecule has 19 nitrogen and oxygen atoms in total. The van der Waals surface area contributed by atoms with Crippen LogP contribution in [0.1, 0.15) is 86.5 Å². The number of aromatic nitrogens is 4. The predicted molar refractivity (Wildman–Crippen MR) is 268 cm³/mol. The summed E-state index contributed by atoms with van der Waals surface area (Å²) in [6, 6.07) is 16.0. The Bertz CT molecular complexity index is 3270. The van der Waals surface area contributed by atoms with Crippen LogP contribution in [0.25, 0.3) is 44.5 Å². The number of carbonyl (C=O) groups excluding carboxylic acids is 5. The number of hydrogen-bond acceptors (Lipinski definition) is 11. The molecule has 0 radical (unpaired) electrons. The largest absolute Gasteiger partial charge is 0.454 e. The number of hydrogen-bond donors (Lipinski definition) is 4. The summed E-state index contributed by atoms with van der Waals surface area (Å²) in [5.74, 6) is -2.43. The number of ether oxygens (including phenoxy) is 4. The fourth-order valence-electron chi connectivity index (χ4n) is 11.0. The van der Waals surface area contributed by atoms with Gasteiger partial charge in [0.2, 0.25) is 18.6 Å². The van der Waals surface area contributed by atoms with Gasteiger partial charge in [-0.1, -0.05) is 58.0 Å². The molecule has 4 aliphatic heterocycles. The molecule has 4 aromatic carbocycles. The number of methoxy groups -OCH3 is 2. The van der Waals surface area contributed by atoms with E-state index in [1.165, 1.54) is 37.4 Å². The number of benzene rings is 4. The number of alkyl carbamates (subject to hydrolysis) is 2. The van der Waals surface area contributed by atoms with Gasteiger partial charge in [-0.05, 0) is 94.5 Å². The third kappa shape index (κ3) is 8.66. The molecule has 75 heavy (non-hydrogen) atoms. The Balaban J connectivity index is 0.833. The van der Waals surface area contributed by atoms with E-state index in [1.807, 2.05) is 50.2 Å². The summed E-state index contributed by atoms with van der Waals surface area (Å²) in [7, 11) is 2.46. The van der Waals surface area contributed by atoms with E-state index >= 15 is 8.78 Å². The van der Waals surface area contributed by atoms with Crippen molar-refractivity contribution in [3.63, 3.8) is 0 Å². The monoisotopic (exact) mass is 1030 g/mol. The molecule has 4 N–H and O–H groups in total. The molecule has 6 aromatic rings. The smallest absolute Gasteiger partial charge is 0.407 e. The fourth-order valence-corrected chi connectivity index (χ4v) is 11.0. The SMILES string of the molecule is COC(=O)NC(C(=O)N1CN(C(=O)N2Cc3cc4c(cc3C2)OCO4)C[C@H]1c1ncc(-c2ccc3c(c2)C(F)(F)c2cc(-c4ccc5nc([C@@H]6CCCN6C(=O)[C@@H](NC(=O)OC)C(C)C)[nH]c5c4)ccc2-3)[nH]1)C(C)C. The predicted octanol–water partition coefficient (Wildman–Crippen LogP) is 8.17. The quantitative estimate of drug-likeness (QED) is 0.103. The zero-order valence-corrected chi connectivity index (χ0v) is 42.2. The Hall–Kier alpha value is -8.23. The molecular formula is C54H56F2N10O9. The van der Waals surface area contributed by atoms with Gasteiger partial charge in [-0.25, -0.2) is 24.4 Å². The van der Waals surface area contributed by atoms with Crippen LogP contribution < -0.4 is 20.1 Å². The van der Waals surface area contributed by atoms with Gasteiger partial charge in [-0.2, -0.15) is 8.78 Å². The minimum Gasteiger partial charge on any atom is -0.454 e. The second-order valence-electron chi connectivity index (χ2n) is 20.3. The third-order valence-corrected chi connectivity index (χ3v) is 15.0. The van der Waals surface area contributed by atoms with E-state index in [-0.39, 0.29) is 60.9 Å².